The van der Waals surface area contributed by atoms with Crippen LogP contribution in [-0.4, -0.2) is 35.4 Å². The first-order chi connectivity index (χ1) is 17.1. The molecule has 4 rings (SSSR count). The molecule has 0 spiro atoms. The quantitative estimate of drug-likeness (QED) is 0.450. The summed E-state index contributed by atoms with van der Waals surface area (Å²) in [6.45, 7) is 2.22. The molecule has 0 bridgehead atoms. The lowest BCUT2D eigenvalue weighted by Crippen LogP contribution is -2.53. The molecule has 5 heteroatoms. The van der Waals surface area contributed by atoms with Gasteiger partial charge in [0.15, 0.2) is 6.61 Å². The van der Waals surface area contributed by atoms with Gasteiger partial charge in [-0.15, -0.1) is 0 Å². The van der Waals surface area contributed by atoms with Crippen LogP contribution in [0.2, 0.25) is 0 Å². The van der Waals surface area contributed by atoms with Crippen LogP contribution in [0.15, 0.2) is 84.9 Å². The minimum absolute atomic E-state index is 0.0969. The molecule has 35 heavy (non-hydrogen) atoms. The van der Waals surface area contributed by atoms with Crippen LogP contribution >= 0.6 is 0 Å². The van der Waals surface area contributed by atoms with Gasteiger partial charge in [-0.1, -0.05) is 91.2 Å². The van der Waals surface area contributed by atoms with E-state index in [2.05, 4.69) is 5.32 Å². The summed E-state index contributed by atoms with van der Waals surface area (Å²) in [7, 11) is 0. The molecule has 0 aliphatic heterocycles. The number of nitrogens with one attached hydrogen (secondary N) is 1. The van der Waals surface area contributed by atoms with E-state index in [1.165, 1.54) is 0 Å². The van der Waals surface area contributed by atoms with Crippen molar-refractivity contribution in [1.82, 2.24) is 10.2 Å². The van der Waals surface area contributed by atoms with Crippen molar-refractivity contribution in [3.8, 4) is 5.75 Å². The van der Waals surface area contributed by atoms with Crippen LogP contribution in [-0.2, 0) is 22.6 Å². The van der Waals surface area contributed by atoms with E-state index in [9.17, 15) is 9.59 Å². The van der Waals surface area contributed by atoms with E-state index < -0.39 is 6.04 Å². The Bertz CT molecular complexity index is 1080. The van der Waals surface area contributed by atoms with Gasteiger partial charge in [0.1, 0.15) is 11.8 Å². The number of carbonyl (C=O) groups is 2. The summed E-state index contributed by atoms with van der Waals surface area (Å²) in [5.74, 6) is 0.330. The second-order valence-corrected chi connectivity index (χ2v) is 9.30. The van der Waals surface area contributed by atoms with Crippen LogP contribution < -0.4 is 10.1 Å². The zero-order chi connectivity index (χ0) is 24.5. The molecule has 0 radical (unpaired) electrons. The molecule has 3 aromatic carbocycles. The van der Waals surface area contributed by atoms with Crippen molar-refractivity contribution in [2.45, 2.75) is 57.7 Å². The molecule has 0 aromatic heterocycles. The number of nitrogens with zero attached hydrogens (tertiary/aromatic N) is 1. The molecular weight excluding hydrogens is 436 g/mol. The standard InChI is InChI=1S/C30H34N2O3/c1-23-16-18-27(19-17-23)35-22-29(33)32(21-25-12-6-3-7-13-25)28(20-24-10-4-2-5-11-24)30(34)31-26-14-8-9-15-26/h2-7,10-13,16-19,26,28H,8-9,14-15,20-22H2,1H3,(H,31,34)/t28-/m1/s1. The van der Waals surface area contributed by atoms with Crippen LogP contribution in [0.5, 0.6) is 5.75 Å². The van der Waals surface area contributed by atoms with Gasteiger partial charge in [0.2, 0.25) is 5.91 Å². The highest BCUT2D eigenvalue weighted by Gasteiger charge is 2.32. The highest BCUT2D eigenvalue weighted by molar-refractivity contribution is 5.88. The number of benzene rings is 3. The van der Waals surface area contributed by atoms with E-state index in [-0.39, 0.29) is 24.5 Å². The molecule has 1 fully saturated rings. The normalized spacial score (nSPS) is 14.3. The lowest BCUT2D eigenvalue weighted by atomic mass is 10.0. The third-order valence-electron chi connectivity index (χ3n) is 6.55. The molecule has 1 atom stereocenters. The number of carbonyl (C=O) groups excluding carboxylic acids is 2. The second kappa shape index (κ2) is 12.2. The van der Waals surface area contributed by atoms with Crippen molar-refractivity contribution in [2.75, 3.05) is 6.61 Å². The largest absolute Gasteiger partial charge is 0.484 e. The van der Waals surface area contributed by atoms with Gasteiger partial charge in [-0.2, -0.15) is 0 Å². The molecule has 3 aromatic rings. The Hall–Kier alpha value is -3.60. The molecular formula is C30H34N2O3. The van der Waals surface area contributed by atoms with E-state index in [4.69, 9.17) is 4.74 Å². The number of ether oxygens (including phenoxy) is 1. The van der Waals surface area contributed by atoms with Gasteiger partial charge in [0.05, 0.1) is 0 Å². The third-order valence-corrected chi connectivity index (χ3v) is 6.55. The van der Waals surface area contributed by atoms with Gasteiger partial charge in [-0.05, 0) is 43.0 Å². The maximum Gasteiger partial charge on any atom is 0.261 e. The molecule has 182 valence electrons. The number of amides is 2. The van der Waals surface area contributed by atoms with E-state index in [1.807, 2.05) is 91.9 Å². The Kier molecular flexibility index (Phi) is 8.55. The van der Waals surface area contributed by atoms with E-state index >= 15 is 0 Å². The van der Waals surface area contributed by atoms with Crippen LogP contribution in [0.4, 0.5) is 0 Å². The predicted molar refractivity (Wildman–Crippen MR) is 138 cm³/mol. The SMILES string of the molecule is Cc1ccc(OCC(=O)N(Cc2ccccc2)[C@H](Cc2ccccc2)C(=O)NC2CCCC2)cc1. The second-order valence-electron chi connectivity index (χ2n) is 9.30. The van der Waals surface area contributed by atoms with Crippen molar-refractivity contribution < 1.29 is 14.3 Å². The van der Waals surface area contributed by atoms with Crippen molar-refractivity contribution in [3.05, 3.63) is 102 Å². The Morgan fingerprint density at radius 1 is 0.886 bits per heavy atom. The summed E-state index contributed by atoms with van der Waals surface area (Å²) in [6.07, 6.45) is 4.69. The summed E-state index contributed by atoms with van der Waals surface area (Å²) in [5.41, 5.74) is 3.12. The molecule has 0 unspecified atom stereocenters. The first-order valence-corrected chi connectivity index (χ1v) is 12.5. The Labute approximate surface area is 208 Å². The summed E-state index contributed by atoms with van der Waals surface area (Å²) < 4.78 is 5.83. The molecule has 0 heterocycles. The molecule has 0 saturated heterocycles. The fourth-order valence-electron chi connectivity index (χ4n) is 4.56. The molecule has 1 saturated carbocycles. The van der Waals surface area contributed by atoms with Crippen molar-refractivity contribution in [1.29, 1.82) is 0 Å². The average molecular weight is 471 g/mol. The first-order valence-electron chi connectivity index (χ1n) is 12.5. The smallest absolute Gasteiger partial charge is 0.261 e. The topological polar surface area (TPSA) is 58.6 Å². The summed E-state index contributed by atoms with van der Waals surface area (Å²) in [5, 5.41) is 3.23. The number of rotatable bonds is 10. The average Bonchev–Trinajstić information content (AvgIpc) is 3.40. The summed E-state index contributed by atoms with van der Waals surface area (Å²) >= 11 is 0. The first kappa shape index (κ1) is 24.5. The zero-order valence-corrected chi connectivity index (χ0v) is 20.4. The minimum atomic E-state index is -0.632. The minimum Gasteiger partial charge on any atom is -0.484 e. The monoisotopic (exact) mass is 470 g/mol. The van der Waals surface area contributed by atoms with Crippen molar-refractivity contribution >= 4 is 11.8 Å². The Morgan fingerprint density at radius 2 is 1.49 bits per heavy atom. The van der Waals surface area contributed by atoms with Crippen molar-refractivity contribution in [3.63, 3.8) is 0 Å². The molecule has 1 N–H and O–H groups in total. The molecule has 5 nitrogen and oxygen atoms in total. The van der Waals surface area contributed by atoms with E-state index in [0.717, 1.165) is 42.4 Å². The van der Waals surface area contributed by atoms with Crippen LogP contribution in [0.1, 0.15) is 42.4 Å². The number of aryl methyl sites for hydroxylation is 1. The molecule has 1 aliphatic carbocycles. The summed E-state index contributed by atoms with van der Waals surface area (Å²) in [6, 6.07) is 26.9. The van der Waals surface area contributed by atoms with Gasteiger partial charge < -0.3 is 15.0 Å². The maximum atomic E-state index is 13.6. The van der Waals surface area contributed by atoms with Gasteiger partial charge in [0, 0.05) is 19.0 Å². The summed E-state index contributed by atoms with van der Waals surface area (Å²) in [4.78, 5) is 28.9. The zero-order valence-electron chi connectivity index (χ0n) is 20.4. The fraction of sp³-hybridized carbons (Fsp3) is 0.333. The maximum absolute atomic E-state index is 13.6. The van der Waals surface area contributed by atoms with Crippen molar-refractivity contribution in [2.24, 2.45) is 0 Å². The predicted octanol–water partition coefficient (Wildman–Crippen LogP) is 5.07. The molecule has 2 amide bonds. The van der Waals surface area contributed by atoms with Gasteiger partial charge in [-0.3, -0.25) is 9.59 Å². The van der Waals surface area contributed by atoms with Crippen LogP contribution in [0, 0.1) is 6.92 Å². The highest BCUT2D eigenvalue weighted by Crippen LogP contribution is 2.20. The van der Waals surface area contributed by atoms with Gasteiger partial charge >= 0.3 is 0 Å². The van der Waals surface area contributed by atoms with Gasteiger partial charge in [0.25, 0.3) is 5.91 Å². The van der Waals surface area contributed by atoms with E-state index in [1.54, 1.807) is 4.90 Å². The highest BCUT2D eigenvalue weighted by atomic mass is 16.5. The van der Waals surface area contributed by atoms with E-state index in [0.29, 0.717) is 18.7 Å². The molecule has 1 aliphatic rings. The third kappa shape index (κ3) is 7.19. The van der Waals surface area contributed by atoms with Crippen LogP contribution in [0.3, 0.4) is 0 Å². The number of hydrogen-bond donors (Lipinski definition) is 1. The van der Waals surface area contributed by atoms with Crippen LogP contribution in [0.25, 0.3) is 0 Å². The Balaban J connectivity index is 1.58. The number of hydrogen-bond acceptors (Lipinski definition) is 3. The lowest BCUT2D eigenvalue weighted by Gasteiger charge is -2.32. The lowest BCUT2D eigenvalue weighted by molar-refractivity contribution is -0.143. The fourth-order valence-corrected chi connectivity index (χ4v) is 4.56. The Morgan fingerprint density at radius 3 is 2.11 bits per heavy atom. The van der Waals surface area contributed by atoms with Gasteiger partial charge in [-0.25, -0.2) is 0 Å².